The van der Waals surface area contributed by atoms with Gasteiger partial charge in [0, 0.05) is 10.9 Å². The van der Waals surface area contributed by atoms with Gasteiger partial charge in [0.25, 0.3) is 5.91 Å². The van der Waals surface area contributed by atoms with Crippen molar-refractivity contribution in [2.75, 3.05) is 13.2 Å². The molecule has 0 aliphatic heterocycles. The van der Waals surface area contributed by atoms with Crippen LogP contribution in [0.3, 0.4) is 0 Å². The number of fused-ring (bicyclic) bond motifs is 1. The third-order valence-electron chi connectivity index (χ3n) is 3.39. The van der Waals surface area contributed by atoms with E-state index in [0.717, 1.165) is 22.9 Å². The minimum atomic E-state index is -0.183. The van der Waals surface area contributed by atoms with Crippen LogP contribution in [0, 0.1) is 18.3 Å². The van der Waals surface area contributed by atoms with Crippen LogP contribution in [0.15, 0.2) is 36.4 Å². The van der Waals surface area contributed by atoms with Gasteiger partial charge >= 0.3 is 0 Å². The number of benzene rings is 2. The second-order valence-corrected chi connectivity index (χ2v) is 5.61. The van der Waals surface area contributed by atoms with Crippen molar-refractivity contribution in [2.45, 2.75) is 20.3 Å². The number of terminal acetylenes is 1. The lowest BCUT2D eigenvalue weighted by Gasteiger charge is -2.13. The smallest absolute Gasteiger partial charge is 0.252 e. The predicted molar refractivity (Wildman–Crippen MR) is 90.1 cm³/mol. The Morgan fingerprint density at radius 3 is 2.82 bits per heavy atom. The number of nitrogens with one attached hydrogen (secondary N) is 1. The van der Waals surface area contributed by atoms with E-state index in [4.69, 9.17) is 11.2 Å². The Morgan fingerprint density at radius 1 is 1.32 bits per heavy atom. The molecule has 2 rings (SSSR count). The van der Waals surface area contributed by atoms with E-state index in [2.05, 4.69) is 25.1 Å². The Morgan fingerprint density at radius 2 is 2.09 bits per heavy atom. The molecular formula is C19H21NO2. The molecule has 0 aromatic heterocycles. The zero-order valence-electron chi connectivity index (χ0n) is 13.1. The molecule has 0 radical (unpaired) electrons. The van der Waals surface area contributed by atoms with Gasteiger partial charge in [0.1, 0.15) is 5.75 Å². The standard InChI is InChI=1S/C19H21NO2/c1-4-10-20-19(21)16-12-15-7-5-6-8-17(15)18(13-16)22-11-9-14(2)3/h1,5-8,12-14H,9-11H2,2-3H3,(H,20,21). The van der Waals surface area contributed by atoms with Crippen molar-refractivity contribution in [1.29, 1.82) is 0 Å². The highest BCUT2D eigenvalue weighted by Gasteiger charge is 2.10. The third-order valence-corrected chi connectivity index (χ3v) is 3.39. The van der Waals surface area contributed by atoms with Crippen LogP contribution in [-0.4, -0.2) is 19.1 Å². The number of ether oxygens (including phenoxy) is 1. The molecule has 0 spiro atoms. The SMILES string of the molecule is C#CCNC(=O)c1cc(OCCC(C)C)c2ccccc2c1. The quantitative estimate of drug-likeness (QED) is 0.826. The monoisotopic (exact) mass is 295 g/mol. The number of rotatable bonds is 6. The first kappa shape index (κ1) is 15.9. The molecule has 1 N–H and O–H groups in total. The average Bonchev–Trinajstić information content (AvgIpc) is 2.52. The molecule has 22 heavy (non-hydrogen) atoms. The van der Waals surface area contributed by atoms with Crippen molar-refractivity contribution in [3.63, 3.8) is 0 Å². The predicted octanol–water partition coefficient (Wildman–Crippen LogP) is 3.63. The summed E-state index contributed by atoms with van der Waals surface area (Å²) in [5.74, 6) is 3.54. The van der Waals surface area contributed by atoms with Gasteiger partial charge in [-0.1, -0.05) is 44.0 Å². The molecular weight excluding hydrogens is 274 g/mol. The fourth-order valence-corrected chi connectivity index (χ4v) is 2.16. The molecule has 0 saturated carbocycles. The topological polar surface area (TPSA) is 38.3 Å². The van der Waals surface area contributed by atoms with Crippen LogP contribution in [0.4, 0.5) is 0 Å². The Labute approximate surface area is 131 Å². The van der Waals surface area contributed by atoms with Crippen LogP contribution in [0.1, 0.15) is 30.6 Å². The van der Waals surface area contributed by atoms with E-state index >= 15 is 0 Å². The molecule has 3 nitrogen and oxygen atoms in total. The zero-order chi connectivity index (χ0) is 15.9. The third kappa shape index (κ3) is 4.02. The maximum atomic E-state index is 12.1. The maximum Gasteiger partial charge on any atom is 0.252 e. The molecule has 2 aromatic carbocycles. The fourth-order valence-electron chi connectivity index (χ4n) is 2.16. The molecule has 0 aliphatic carbocycles. The Bertz CT molecular complexity index is 698. The maximum absolute atomic E-state index is 12.1. The second kappa shape index (κ2) is 7.51. The van der Waals surface area contributed by atoms with Gasteiger partial charge in [0.2, 0.25) is 0 Å². The van der Waals surface area contributed by atoms with Crippen LogP contribution in [-0.2, 0) is 0 Å². The summed E-state index contributed by atoms with van der Waals surface area (Å²) >= 11 is 0. The van der Waals surface area contributed by atoms with Gasteiger partial charge in [0.05, 0.1) is 13.2 Å². The van der Waals surface area contributed by atoms with Gasteiger partial charge in [-0.3, -0.25) is 4.79 Å². The number of hydrogen-bond acceptors (Lipinski definition) is 2. The lowest BCUT2D eigenvalue weighted by molar-refractivity contribution is 0.0958. The van der Waals surface area contributed by atoms with Crippen LogP contribution < -0.4 is 10.1 Å². The average molecular weight is 295 g/mol. The van der Waals surface area contributed by atoms with Crippen molar-refractivity contribution >= 4 is 16.7 Å². The molecule has 3 heteroatoms. The summed E-state index contributed by atoms with van der Waals surface area (Å²) in [4.78, 5) is 12.1. The summed E-state index contributed by atoms with van der Waals surface area (Å²) in [7, 11) is 0. The van der Waals surface area contributed by atoms with E-state index in [0.29, 0.717) is 18.1 Å². The highest BCUT2D eigenvalue weighted by atomic mass is 16.5. The summed E-state index contributed by atoms with van der Waals surface area (Å²) in [6.07, 6.45) is 6.15. The van der Waals surface area contributed by atoms with E-state index in [1.165, 1.54) is 0 Å². The van der Waals surface area contributed by atoms with Gasteiger partial charge in [-0.05, 0) is 29.9 Å². The van der Waals surface area contributed by atoms with Gasteiger partial charge in [-0.15, -0.1) is 6.42 Å². The van der Waals surface area contributed by atoms with Crippen LogP contribution >= 0.6 is 0 Å². The van der Waals surface area contributed by atoms with Crippen molar-refractivity contribution in [1.82, 2.24) is 5.32 Å². The minimum Gasteiger partial charge on any atom is -0.493 e. The molecule has 0 fully saturated rings. The van der Waals surface area contributed by atoms with Gasteiger partial charge < -0.3 is 10.1 Å². The molecule has 0 unspecified atom stereocenters. The van der Waals surface area contributed by atoms with Gasteiger partial charge in [0.15, 0.2) is 0 Å². The number of carbonyl (C=O) groups is 1. The first-order chi connectivity index (χ1) is 10.6. The molecule has 1 amide bonds. The highest BCUT2D eigenvalue weighted by molar-refractivity contribution is 6.00. The van der Waals surface area contributed by atoms with Crippen molar-refractivity contribution in [3.8, 4) is 18.1 Å². The van der Waals surface area contributed by atoms with Gasteiger partial charge in [-0.2, -0.15) is 0 Å². The van der Waals surface area contributed by atoms with Crippen LogP contribution in [0.2, 0.25) is 0 Å². The lowest BCUT2D eigenvalue weighted by atomic mass is 10.1. The van der Waals surface area contributed by atoms with E-state index in [1.54, 1.807) is 6.07 Å². The molecule has 114 valence electrons. The molecule has 0 aliphatic rings. The van der Waals surface area contributed by atoms with E-state index in [9.17, 15) is 4.79 Å². The Kier molecular flexibility index (Phi) is 5.43. The minimum absolute atomic E-state index is 0.183. The van der Waals surface area contributed by atoms with Crippen molar-refractivity contribution in [2.24, 2.45) is 5.92 Å². The molecule has 0 heterocycles. The lowest BCUT2D eigenvalue weighted by Crippen LogP contribution is -2.23. The van der Waals surface area contributed by atoms with E-state index in [1.807, 2.05) is 30.3 Å². The first-order valence-corrected chi connectivity index (χ1v) is 7.49. The highest BCUT2D eigenvalue weighted by Crippen LogP contribution is 2.28. The molecule has 0 atom stereocenters. The Balaban J connectivity index is 2.31. The van der Waals surface area contributed by atoms with E-state index < -0.39 is 0 Å². The van der Waals surface area contributed by atoms with Crippen LogP contribution in [0.25, 0.3) is 10.8 Å². The second-order valence-electron chi connectivity index (χ2n) is 5.61. The summed E-state index contributed by atoms with van der Waals surface area (Å²) in [5.41, 5.74) is 0.563. The molecule has 2 aromatic rings. The fraction of sp³-hybridized carbons (Fsp3) is 0.316. The summed E-state index contributed by atoms with van der Waals surface area (Å²) in [6, 6.07) is 11.5. The zero-order valence-corrected chi connectivity index (χ0v) is 13.1. The molecule has 0 saturated heterocycles. The molecule has 0 bridgehead atoms. The summed E-state index contributed by atoms with van der Waals surface area (Å²) in [5, 5.41) is 4.68. The number of carbonyl (C=O) groups excluding carboxylic acids is 1. The normalized spacial score (nSPS) is 10.5. The summed E-state index contributed by atoms with van der Waals surface area (Å²) < 4.78 is 5.91. The van der Waals surface area contributed by atoms with Crippen LogP contribution in [0.5, 0.6) is 5.75 Å². The largest absolute Gasteiger partial charge is 0.493 e. The van der Waals surface area contributed by atoms with Crippen molar-refractivity contribution in [3.05, 3.63) is 42.0 Å². The van der Waals surface area contributed by atoms with Gasteiger partial charge in [-0.25, -0.2) is 0 Å². The van der Waals surface area contributed by atoms with Crippen molar-refractivity contribution < 1.29 is 9.53 Å². The Hall–Kier alpha value is -2.47. The van der Waals surface area contributed by atoms with E-state index in [-0.39, 0.29) is 12.5 Å². The first-order valence-electron chi connectivity index (χ1n) is 7.49. The number of amides is 1. The summed E-state index contributed by atoms with van der Waals surface area (Å²) in [6.45, 7) is 5.17. The number of hydrogen-bond donors (Lipinski definition) is 1.